The normalized spacial score (nSPS) is 17.7. The highest BCUT2D eigenvalue weighted by atomic mass is 35.5. The number of amides is 1. The first-order valence-electron chi connectivity index (χ1n) is 8.41. The quantitative estimate of drug-likeness (QED) is 0.810. The number of hydrogen-bond donors (Lipinski definition) is 2. The summed E-state index contributed by atoms with van der Waals surface area (Å²) >= 11 is 5.52. The maximum Gasteiger partial charge on any atom is 0.290 e. The molecular formula is C19H18ClN3O3. The lowest BCUT2D eigenvalue weighted by atomic mass is 10.0. The Morgan fingerprint density at radius 1 is 1.23 bits per heavy atom. The molecule has 1 amide bonds. The number of fused-ring (bicyclic) bond motifs is 2. The molecule has 0 spiro atoms. The Labute approximate surface area is 156 Å². The molecule has 0 saturated carbocycles. The zero-order valence-corrected chi connectivity index (χ0v) is 14.8. The molecule has 0 aliphatic carbocycles. The number of para-hydroxylation sites is 1. The molecular weight excluding hydrogens is 354 g/mol. The van der Waals surface area contributed by atoms with E-state index < -0.39 is 0 Å². The second kappa shape index (κ2) is 7.25. The van der Waals surface area contributed by atoms with E-state index in [0.29, 0.717) is 24.9 Å². The molecule has 2 aliphatic rings. The van der Waals surface area contributed by atoms with Crippen molar-refractivity contribution in [2.24, 2.45) is 4.99 Å². The van der Waals surface area contributed by atoms with Crippen molar-refractivity contribution in [2.45, 2.75) is 19.1 Å². The molecule has 0 saturated heterocycles. The average Bonchev–Trinajstić information content (AvgIpc) is 2.68. The highest BCUT2D eigenvalue weighted by Gasteiger charge is 2.24. The van der Waals surface area contributed by atoms with E-state index in [1.807, 2.05) is 30.3 Å². The summed E-state index contributed by atoms with van der Waals surface area (Å²) in [6, 6.07) is 14.1. The molecule has 134 valence electrons. The number of anilines is 1. The lowest BCUT2D eigenvalue weighted by Gasteiger charge is -2.28. The van der Waals surface area contributed by atoms with Crippen molar-refractivity contribution in [3.63, 3.8) is 0 Å². The van der Waals surface area contributed by atoms with E-state index in [1.54, 1.807) is 6.07 Å². The molecule has 0 aromatic heterocycles. The molecule has 0 radical (unpaired) electrons. The van der Waals surface area contributed by atoms with Crippen LogP contribution in [0, 0.1) is 0 Å². The zero-order valence-electron chi connectivity index (χ0n) is 14.0. The van der Waals surface area contributed by atoms with Crippen molar-refractivity contribution in [1.29, 1.82) is 0 Å². The number of carbonyl (C=O) groups excluding carboxylic acids is 1. The Balaban J connectivity index is 1.51. The Kier molecular flexibility index (Phi) is 4.67. The standard InChI is InChI=1S/C19H18ClN3O3/c20-10-18(24)21-13-5-6-15-12(9-13)11-26-19(22-15)23-16-7-8-25-17-4-2-1-3-14(16)17/h1-6,9,16H,7-8,10-11H2,(H,21,24)(H,22,23). The van der Waals surface area contributed by atoms with Crippen molar-refractivity contribution in [1.82, 2.24) is 5.32 Å². The number of aliphatic imine (C=N–C) groups is 1. The highest BCUT2D eigenvalue weighted by Crippen LogP contribution is 2.33. The molecule has 0 bridgehead atoms. The molecule has 6 nitrogen and oxygen atoms in total. The van der Waals surface area contributed by atoms with E-state index in [0.717, 1.165) is 29.0 Å². The summed E-state index contributed by atoms with van der Waals surface area (Å²) in [4.78, 5) is 16.0. The summed E-state index contributed by atoms with van der Waals surface area (Å²) in [6.07, 6.45) is 0.843. The molecule has 2 aromatic carbocycles. The van der Waals surface area contributed by atoms with Crippen molar-refractivity contribution >= 4 is 34.9 Å². The molecule has 2 aliphatic heterocycles. The summed E-state index contributed by atoms with van der Waals surface area (Å²) in [6.45, 7) is 1.04. The molecule has 1 atom stereocenters. The van der Waals surface area contributed by atoms with Gasteiger partial charge in [0.05, 0.1) is 18.3 Å². The Hall–Kier alpha value is -2.73. The minimum Gasteiger partial charge on any atom is -0.493 e. The number of hydrogen-bond acceptors (Lipinski definition) is 5. The largest absolute Gasteiger partial charge is 0.493 e. The van der Waals surface area contributed by atoms with Crippen LogP contribution in [0.25, 0.3) is 0 Å². The van der Waals surface area contributed by atoms with Gasteiger partial charge in [-0.1, -0.05) is 18.2 Å². The summed E-state index contributed by atoms with van der Waals surface area (Å²) in [5.74, 6) is 0.576. The van der Waals surface area contributed by atoms with Gasteiger partial charge in [0.25, 0.3) is 6.02 Å². The average molecular weight is 372 g/mol. The zero-order chi connectivity index (χ0) is 17.9. The maximum absolute atomic E-state index is 11.4. The van der Waals surface area contributed by atoms with Crippen LogP contribution >= 0.6 is 11.6 Å². The Morgan fingerprint density at radius 2 is 2.12 bits per heavy atom. The number of rotatable bonds is 3. The Bertz CT molecular complexity index is 869. The third-order valence-corrected chi connectivity index (χ3v) is 4.57. The lowest BCUT2D eigenvalue weighted by molar-refractivity contribution is -0.113. The van der Waals surface area contributed by atoms with Gasteiger partial charge >= 0.3 is 0 Å². The number of amidine groups is 1. The van der Waals surface area contributed by atoms with Crippen LogP contribution in [0.2, 0.25) is 0 Å². The first-order valence-corrected chi connectivity index (χ1v) is 8.95. The number of nitrogens with one attached hydrogen (secondary N) is 2. The fraction of sp³-hybridized carbons (Fsp3) is 0.263. The van der Waals surface area contributed by atoms with Crippen LogP contribution in [-0.2, 0) is 16.1 Å². The van der Waals surface area contributed by atoms with E-state index in [2.05, 4.69) is 21.7 Å². The number of benzene rings is 2. The van der Waals surface area contributed by atoms with Crippen LogP contribution in [0.5, 0.6) is 5.75 Å². The number of ether oxygens (including phenoxy) is 2. The second-order valence-electron chi connectivity index (χ2n) is 6.10. The number of halogens is 1. The van der Waals surface area contributed by atoms with Crippen LogP contribution in [0.1, 0.15) is 23.6 Å². The third-order valence-electron chi connectivity index (χ3n) is 4.33. The summed E-state index contributed by atoms with van der Waals surface area (Å²) in [5, 5.41) is 6.10. The van der Waals surface area contributed by atoms with Gasteiger partial charge < -0.3 is 20.1 Å². The number of carbonyl (C=O) groups is 1. The lowest BCUT2D eigenvalue weighted by Crippen LogP contribution is -2.34. The van der Waals surface area contributed by atoms with Crippen LogP contribution in [0.3, 0.4) is 0 Å². The van der Waals surface area contributed by atoms with E-state index in [9.17, 15) is 4.79 Å². The van der Waals surface area contributed by atoms with Gasteiger partial charge in [0.1, 0.15) is 18.2 Å². The monoisotopic (exact) mass is 371 g/mol. The maximum atomic E-state index is 11.4. The summed E-state index contributed by atoms with van der Waals surface area (Å²) in [7, 11) is 0. The van der Waals surface area contributed by atoms with Gasteiger partial charge in [0.2, 0.25) is 5.91 Å². The van der Waals surface area contributed by atoms with E-state index >= 15 is 0 Å². The molecule has 26 heavy (non-hydrogen) atoms. The van der Waals surface area contributed by atoms with Crippen LogP contribution in [-0.4, -0.2) is 24.4 Å². The minimum atomic E-state index is -0.243. The van der Waals surface area contributed by atoms with Crippen LogP contribution in [0.4, 0.5) is 11.4 Å². The minimum absolute atomic E-state index is 0.0770. The first kappa shape index (κ1) is 16.7. The van der Waals surface area contributed by atoms with Gasteiger partial charge in [0, 0.05) is 23.2 Å². The SMILES string of the molecule is O=C(CCl)Nc1ccc2c(c1)COC(NC1CCOc3ccccc31)=N2. The topological polar surface area (TPSA) is 72.0 Å². The van der Waals surface area contributed by atoms with Gasteiger partial charge in [-0.3, -0.25) is 4.79 Å². The fourth-order valence-corrected chi connectivity index (χ4v) is 3.15. The smallest absolute Gasteiger partial charge is 0.290 e. The van der Waals surface area contributed by atoms with E-state index in [-0.39, 0.29) is 17.8 Å². The van der Waals surface area contributed by atoms with Gasteiger partial charge in [0.15, 0.2) is 0 Å². The predicted octanol–water partition coefficient (Wildman–Crippen LogP) is 3.50. The van der Waals surface area contributed by atoms with Crippen molar-refractivity contribution < 1.29 is 14.3 Å². The van der Waals surface area contributed by atoms with Crippen molar-refractivity contribution in [3.05, 3.63) is 53.6 Å². The van der Waals surface area contributed by atoms with Crippen LogP contribution in [0.15, 0.2) is 47.5 Å². The number of nitrogens with zero attached hydrogens (tertiary/aromatic N) is 1. The second-order valence-corrected chi connectivity index (χ2v) is 6.37. The van der Waals surface area contributed by atoms with E-state index in [4.69, 9.17) is 21.1 Å². The van der Waals surface area contributed by atoms with Gasteiger partial charge in [-0.05, 0) is 24.3 Å². The number of alkyl halides is 1. The third kappa shape index (κ3) is 3.46. The molecule has 7 heteroatoms. The van der Waals surface area contributed by atoms with E-state index in [1.165, 1.54) is 0 Å². The predicted molar refractivity (Wildman–Crippen MR) is 100 cm³/mol. The van der Waals surface area contributed by atoms with Gasteiger partial charge in [-0.2, -0.15) is 4.99 Å². The molecule has 2 aromatic rings. The highest BCUT2D eigenvalue weighted by molar-refractivity contribution is 6.29. The van der Waals surface area contributed by atoms with Crippen molar-refractivity contribution in [3.8, 4) is 5.75 Å². The molecule has 0 fully saturated rings. The molecule has 2 heterocycles. The Morgan fingerprint density at radius 3 is 3.00 bits per heavy atom. The van der Waals surface area contributed by atoms with Crippen LogP contribution < -0.4 is 15.4 Å². The van der Waals surface area contributed by atoms with Gasteiger partial charge in [-0.25, -0.2) is 0 Å². The van der Waals surface area contributed by atoms with Gasteiger partial charge in [-0.15, -0.1) is 11.6 Å². The first-order chi connectivity index (χ1) is 12.7. The molecule has 1 unspecified atom stereocenters. The fourth-order valence-electron chi connectivity index (χ4n) is 3.09. The van der Waals surface area contributed by atoms with Crippen molar-refractivity contribution in [2.75, 3.05) is 17.8 Å². The summed E-state index contributed by atoms with van der Waals surface area (Å²) in [5.41, 5.74) is 3.52. The molecule has 4 rings (SSSR count). The summed E-state index contributed by atoms with van der Waals surface area (Å²) < 4.78 is 11.5. The molecule has 2 N–H and O–H groups in total.